The van der Waals surface area contributed by atoms with Gasteiger partial charge >= 0.3 is 0 Å². The third-order valence-electron chi connectivity index (χ3n) is 4.87. The van der Waals surface area contributed by atoms with Gasteiger partial charge in [-0.1, -0.05) is 42.0 Å². The maximum Gasteiger partial charge on any atom is 0.221 e. The lowest BCUT2D eigenvalue weighted by Gasteiger charge is -2.22. The van der Waals surface area contributed by atoms with Gasteiger partial charge in [0.15, 0.2) is 9.84 Å². The molecule has 0 unspecified atom stereocenters. The van der Waals surface area contributed by atoms with Crippen molar-refractivity contribution in [2.45, 2.75) is 51.2 Å². The summed E-state index contributed by atoms with van der Waals surface area (Å²) in [5.74, 6) is -0.456. The number of hydrogen-bond donors (Lipinski definition) is 1. The van der Waals surface area contributed by atoms with E-state index in [4.69, 9.17) is 0 Å². The van der Waals surface area contributed by atoms with E-state index in [-0.39, 0.29) is 23.0 Å². The topological polar surface area (TPSA) is 66.5 Å². The second-order valence-electron chi connectivity index (χ2n) is 7.44. The fourth-order valence-corrected chi connectivity index (χ4v) is 3.95. The van der Waals surface area contributed by atoms with Crippen LogP contribution in [0.3, 0.4) is 0 Å². The van der Waals surface area contributed by atoms with E-state index in [9.17, 15) is 13.2 Å². The molecule has 0 aliphatic heterocycles. The molecular formula is C22H30N2O3S. The average molecular weight is 403 g/mol. The highest BCUT2D eigenvalue weighted by atomic mass is 32.2. The molecule has 0 bridgehead atoms. The van der Waals surface area contributed by atoms with Gasteiger partial charge in [-0.15, -0.1) is 0 Å². The Hall–Kier alpha value is -2.18. The second kappa shape index (κ2) is 9.85. The molecule has 0 aliphatic carbocycles. The largest absolute Gasteiger partial charge is 0.352 e. The zero-order chi connectivity index (χ0) is 20.7. The number of aryl methyl sites for hydroxylation is 1. The summed E-state index contributed by atoms with van der Waals surface area (Å²) < 4.78 is 24.8. The number of benzene rings is 2. The Bertz CT molecular complexity index is 890. The fraction of sp³-hybridized carbons (Fsp3) is 0.409. The number of hydrogen-bond acceptors (Lipinski definition) is 4. The fourth-order valence-electron chi connectivity index (χ4n) is 2.71. The molecule has 0 fully saturated rings. The Morgan fingerprint density at radius 3 is 2.25 bits per heavy atom. The van der Waals surface area contributed by atoms with E-state index in [1.165, 1.54) is 0 Å². The number of nitrogens with one attached hydrogen (secondary N) is 1. The quantitative estimate of drug-likeness (QED) is 0.699. The van der Waals surface area contributed by atoms with Crippen molar-refractivity contribution < 1.29 is 13.2 Å². The van der Waals surface area contributed by atoms with Gasteiger partial charge in [-0.3, -0.25) is 9.69 Å². The summed E-state index contributed by atoms with van der Waals surface area (Å²) in [5, 5.41) is 2.85. The van der Waals surface area contributed by atoms with Crippen LogP contribution < -0.4 is 5.32 Å². The van der Waals surface area contributed by atoms with Crippen molar-refractivity contribution in [2.24, 2.45) is 0 Å². The molecule has 2 rings (SSSR count). The van der Waals surface area contributed by atoms with E-state index in [1.54, 1.807) is 24.3 Å². The minimum absolute atomic E-state index is 0.0513. The molecular weight excluding hydrogens is 372 g/mol. The normalized spacial score (nSPS) is 11.8. The Kier molecular flexibility index (Phi) is 7.78. The molecule has 0 heterocycles. The monoisotopic (exact) mass is 402 g/mol. The van der Waals surface area contributed by atoms with Gasteiger partial charge in [-0.25, -0.2) is 8.42 Å². The van der Waals surface area contributed by atoms with Crippen LogP contribution in [0.1, 0.15) is 37.0 Å². The smallest absolute Gasteiger partial charge is 0.221 e. The predicted octanol–water partition coefficient (Wildman–Crippen LogP) is 3.32. The molecule has 2 aromatic carbocycles. The van der Waals surface area contributed by atoms with E-state index in [2.05, 4.69) is 37.2 Å². The number of sulfone groups is 1. The third-order valence-corrected chi connectivity index (χ3v) is 6.61. The minimum Gasteiger partial charge on any atom is -0.352 e. The first-order chi connectivity index (χ1) is 13.2. The number of amides is 1. The Labute approximate surface area is 168 Å². The molecule has 152 valence electrons. The number of carbonyl (C=O) groups is 1. The van der Waals surface area contributed by atoms with E-state index in [0.717, 1.165) is 23.2 Å². The molecule has 5 nitrogen and oxygen atoms in total. The van der Waals surface area contributed by atoms with Gasteiger partial charge in [0, 0.05) is 25.6 Å². The van der Waals surface area contributed by atoms with Crippen LogP contribution in [-0.4, -0.2) is 38.1 Å². The molecule has 0 radical (unpaired) electrons. The molecule has 6 heteroatoms. The number of carbonyl (C=O) groups excluding carboxylic acids is 1. The van der Waals surface area contributed by atoms with Crippen molar-refractivity contribution in [3.8, 4) is 0 Å². The highest BCUT2D eigenvalue weighted by Gasteiger charge is 2.16. The highest BCUT2D eigenvalue weighted by Crippen LogP contribution is 2.14. The van der Waals surface area contributed by atoms with Crippen molar-refractivity contribution in [3.05, 3.63) is 65.2 Å². The van der Waals surface area contributed by atoms with Crippen molar-refractivity contribution in [1.29, 1.82) is 0 Å². The van der Waals surface area contributed by atoms with Crippen molar-refractivity contribution >= 4 is 15.7 Å². The summed E-state index contributed by atoms with van der Waals surface area (Å²) >= 11 is 0. The summed E-state index contributed by atoms with van der Waals surface area (Å²) in [6.07, 6.45) is -0.0513. The second-order valence-corrected chi connectivity index (χ2v) is 9.55. The zero-order valence-electron chi connectivity index (χ0n) is 17.1. The highest BCUT2D eigenvalue weighted by molar-refractivity contribution is 7.91. The average Bonchev–Trinajstić information content (AvgIpc) is 2.66. The van der Waals surface area contributed by atoms with Crippen molar-refractivity contribution in [3.63, 3.8) is 0 Å². The summed E-state index contributed by atoms with van der Waals surface area (Å²) in [4.78, 5) is 14.7. The third kappa shape index (κ3) is 6.46. The van der Waals surface area contributed by atoms with Gasteiger partial charge in [-0.2, -0.15) is 0 Å². The SMILES string of the molecule is Cc1ccc(S(=O)(=O)CCC(=O)NCc2ccccc2CN(C)C(C)C)cc1. The van der Waals surface area contributed by atoms with Crippen LogP contribution in [0.4, 0.5) is 0 Å². The van der Waals surface area contributed by atoms with Gasteiger partial charge in [0.25, 0.3) is 0 Å². The van der Waals surface area contributed by atoms with Crippen LogP contribution in [-0.2, 0) is 27.7 Å². The summed E-state index contributed by atoms with van der Waals surface area (Å²) in [6.45, 7) is 7.37. The molecule has 0 aromatic heterocycles. The van der Waals surface area contributed by atoms with E-state index < -0.39 is 9.84 Å². The van der Waals surface area contributed by atoms with Crippen molar-refractivity contribution in [2.75, 3.05) is 12.8 Å². The van der Waals surface area contributed by atoms with E-state index >= 15 is 0 Å². The molecule has 1 N–H and O–H groups in total. The van der Waals surface area contributed by atoms with Gasteiger partial charge in [0.2, 0.25) is 5.91 Å². The van der Waals surface area contributed by atoms with Gasteiger partial charge in [0.1, 0.15) is 0 Å². The van der Waals surface area contributed by atoms with Gasteiger partial charge in [0.05, 0.1) is 10.6 Å². The van der Waals surface area contributed by atoms with Crippen LogP contribution in [0.2, 0.25) is 0 Å². The first-order valence-corrected chi connectivity index (χ1v) is 11.2. The summed E-state index contributed by atoms with van der Waals surface area (Å²) in [6, 6.07) is 15.1. The standard InChI is InChI=1S/C22H30N2O3S/c1-17(2)24(4)16-20-8-6-5-7-19(20)15-23-22(25)13-14-28(26,27)21-11-9-18(3)10-12-21/h5-12,17H,13-16H2,1-4H3,(H,23,25). The Morgan fingerprint density at radius 1 is 1.04 bits per heavy atom. The van der Waals surface area contributed by atoms with E-state index in [1.807, 2.05) is 25.1 Å². The summed E-state index contributed by atoms with van der Waals surface area (Å²) in [5.41, 5.74) is 3.20. The molecule has 0 atom stereocenters. The van der Waals surface area contributed by atoms with E-state index in [0.29, 0.717) is 12.6 Å². The first kappa shape index (κ1) is 22.1. The van der Waals surface area contributed by atoms with Crippen LogP contribution in [0.15, 0.2) is 53.4 Å². The molecule has 0 saturated carbocycles. The maximum absolute atomic E-state index is 12.4. The predicted molar refractivity (Wildman–Crippen MR) is 113 cm³/mol. The Balaban J connectivity index is 1.92. The molecule has 0 aliphatic rings. The first-order valence-electron chi connectivity index (χ1n) is 9.52. The number of nitrogens with zero attached hydrogens (tertiary/aromatic N) is 1. The number of rotatable bonds is 9. The lowest BCUT2D eigenvalue weighted by molar-refractivity contribution is -0.120. The lowest BCUT2D eigenvalue weighted by atomic mass is 10.1. The lowest BCUT2D eigenvalue weighted by Crippen LogP contribution is -2.28. The minimum atomic E-state index is -3.46. The van der Waals surface area contributed by atoms with Gasteiger partial charge in [-0.05, 0) is 51.1 Å². The summed E-state index contributed by atoms with van der Waals surface area (Å²) in [7, 11) is -1.39. The van der Waals surface area contributed by atoms with Crippen LogP contribution in [0.25, 0.3) is 0 Å². The molecule has 0 spiro atoms. The van der Waals surface area contributed by atoms with Crippen molar-refractivity contribution in [1.82, 2.24) is 10.2 Å². The molecule has 2 aromatic rings. The Morgan fingerprint density at radius 2 is 1.64 bits per heavy atom. The van der Waals surface area contributed by atoms with Crippen LogP contribution in [0.5, 0.6) is 0 Å². The molecule has 28 heavy (non-hydrogen) atoms. The maximum atomic E-state index is 12.4. The zero-order valence-corrected chi connectivity index (χ0v) is 17.9. The van der Waals surface area contributed by atoms with Gasteiger partial charge < -0.3 is 5.32 Å². The van der Waals surface area contributed by atoms with Crippen LogP contribution >= 0.6 is 0 Å². The molecule has 1 amide bonds. The van der Waals surface area contributed by atoms with Crippen LogP contribution in [0, 0.1) is 6.92 Å². The molecule has 0 saturated heterocycles.